The molecule has 2 aliphatic heterocycles. The molecule has 6 heteroatoms. The number of nitrogens with one attached hydrogen (secondary N) is 1. The van der Waals surface area contributed by atoms with Crippen molar-refractivity contribution in [2.75, 3.05) is 32.8 Å². The first-order chi connectivity index (χ1) is 11.1. The number of likely N-dealkylation sites (tertiary alicyclic amines) is 1. The predicted molar refractivity (Wildman–Crippen MR) is 85.2 cm³/mol. The molecule has 2 aliphatic rings. The predicted octanol–water partition coefficient (Wildman–Crippen LogP) is 0.707. The Bertz CT molecular complexity index is 567. The number of ether oxygens (including phenoxy) is 1. The van der Waals surface area contributed by atoms with E-state index in [9.17, 15) is 9.59 Å². The SMILES string of the molecule is Cc1ccc(CN2C[C@@H](C(=O)NN3CCOCC3)CC2=O)cc1. The zero-order chi connectivity index (χ0) is 16.2. The maximum absolute atomic E-state index is 12.3. The molecule has 1 aromatic rings. The quantitative estimate of drug-likeness (QED) is 0.888. The Morgan fingerprint density at radius 2 is 1.96 bits per heavy atom. The average Bonchev–Trinajstić information content (AvgIpc) is 2.92. The number of hydrazine groups is 1. The number of aryl methyl sites for hydroxylation is 1. The lowest BCUT2D eigenvalue weighted by Gasteiger charge is -2.28. The summed E-state index contributed by atoms with van der Waals surface area (Å²) in [4.78, 5) is 26.3. The third-order valence-corrected chi connectivity index (χ3v) is 4.36. The van der Waals surface area contributed by atoms with Crippen LogP contribution in [0.25, 0.3) is 0 Å². The van der Waals surface area contributed by atoms with E-state index in [0.717, 1.165) is 5.56 Å². The van der Waals surface area contributed by atoms with Gasteiger partial charge in [0.1, 0.15) is 0 Å². The van der Waals surface area contributed by atoms with E-state index in [1.54, 1.807) is 4.90 Å². The molecular weight excluding hydrogens is 294 g/mol. The zero-order valence-corrected chi connectivity index (χ0v) is 13.5. The van der Waals surface area contributed by atoms with Crippen molar-refractivity contribution in [1.82, 2.24) is 15.3 Å². The second kappa shape index (κ2) is 7.10. The Kier molecular flexibility index (Phi) is 4.93. The minimum Gasteiger partial charge on any atom is -0.379 e. The number of carbonyl (C=O) groups is 2. The van der Waals surface area contributed by atoms with E-state index < -0.39 is 0 Å². The van der Waals surface area contributed by atoms with Gasteiger partial charge < -0.3 is 9.64 Å². The number of morpholine rings is 1. The molecule has 0 aliphatic carbocycles. The van der Waals surface area contributed by atoms with Gasteiger partial charge in [-0.05, 0) is 12.5 Å². The molecule has 6 nitrogen and oxygen atoms in total. The molecule has 0 spiro atoms. The summed E-state index contributed by atoms with van der Waals surface area (Å²) in [5.74, 6) is -0.282. The normalized spacial score (nSPS) is 22.4. The number of carbonyl (C=O) groups excluding carboxylic acids is 2. The Labute approximate surface area is 136 Å². The highest BCUT2D eigenvalue weighted by Crippen LogP contribution is 2.20. The molecule has 2 fully saturated rings. The van der Waals surface area contributed by atoms with Gasteiger partial charge in [-0.3, -0.25) is 15.0 Å². The molecule has 0 aromatic heterocycles. The van der Waals surface area contributed by atoms with Crippen LogP contribution in [0.3, 0.4) is 0 Å². The maximum Gasteiger partial charge on any atom is 0.239 e. The van der Waals surface area contributed by atoms with Crippen molar-refractivity contribution in [3.05, 3.63) is 35.4 Å². The summed E-state index contributed by atoms with van der Waals surface area (Å²) in [6.45, 7) is 5.74. The molecule has 0 radical (unpaired) electrons. The summed E-state index contributed by atoms with van der Waals surface area (Å²) in [5.41, 5.74) is 5.20. The second-order valence-corrected chi connectivity index (χ2v) is 6.24. The van der Waals surface area contributed by atoms with Crippen molar-refractivity contribution in [3.8, 4) is 0 Å². The first-order valence-electron chi connectivity index (χ1n) is 8.08. The molecule has 3 rings (SSSR count). The van der Waals surface area contributed by atoms with E-state index in [1.165, 1.54) is 5.56 Å². The van der Waals surface area contributed by atoms with Crippen molar-refractivity contribution >= 4 is 11.8 Å². The fourth-order valence-electron chi connectivity index (χ4n) is 2.94. The van der Waals surface area contributed by atoms with E-state index in [2.05, 4.69) is 5.43 Å². The smallest absolute Gasteiger partial charge is 0.239 e. The minimum atomic E-state index is -0.268. The fourth-order valence-corrected chi connectivity index (χ4v) is 2.94. The number of nitrogens with zero attached hydrogens (tertiary/aromatic N) is 2. The lowest BCUT2D eigenvalue weighted by molar-refractivity contribution is -0.132. The molecule has 0 bridgehead atoms. The minimum absolute atomic E-state index is 0.0488. The summed E-state index contributed by atoms with van der Waals surface area (Å²) in [6, 6.07) is 8.14. The highest BCUT2D eigenvalue weighted by atomic mass is 16.5. The van der Waals surface area contributed by atoms with Gasteiger partial charge in [0.25, 0.3) is 0 Å². The van der Waals surface area contributed by atoms with Gasteiger partial charge in [-0.2, -0.15) is 0 Å². The molecule has 2 heterocycles. The average molecular weight is 317 g/mol. The highest BCUT2D eigenvalue weighted by molar-refractivity contribution is 5.89. The van der Waals surface area contributed by atoms with Crippen molar-refractivity contribution in [2.24, 2.45) is 5.92 Å². The van der Waals surface area contributed by atoms with Crippen LogP contribution in [0.5, 0.6) is 0 Å². The lowest BCUT2D eigenvalue weighted by Crippen LogP contribution is -2.50. The summed E-state index contributed by atoms with van der Waals surface area (Å²) >= 11 is 0. The molecule has 1 atom stereocenters. The van der Waals surface area contributed by atoms with Gasteiger partial charge >= 0.3 is 0 Å². The molecule has 1 N–H and O–H groups in total. The van der Waals surface area contributed by atoms with Crippen LogP contribution in [-0.2, 0) is 20.9 Å². The third kappa shape index (κ3) is 4.09. The fraction of sp³-hybridized carbons (Fsp3) is 0.529. The first kappa shape index (κ1) is 16.0. The van der Waals surface area contributed by atoms with Gasteiger partial charge in [0.2, 0.25) is 11.8 Å². The number of amides is 2. The van der Waals surface area contributed by atoms with Crippen LogP contribution in [0, 0.1) is 12.8 Å². The Balaban J connectivity index is 1.54. The lowest BCUT2D eigenvalue weighted by atomic mass is 10.1. The van der Waals surface area contributed by atoms with E-state index in [1.807, 2.05) is 36.2 Å². The van der Waals surface area contributed by atoms with E-state index in [4.69, 9.17) is 4.74 Å². The number of rotatable bonds is 4. The van der Waals surface area contributed by atoms with Gasteiger partial charge in [-0.15, -0.1) is 0 Å². The molecule has 0 saturated carbocycles. The van der Waals surface area contributed by atoms with Crippen LogP contribution in [0.4, 0.5) is 0 Å². The van der Waals surface area contributed by atoms with Crippen LogP contribution in [0.1, 0.15) is 17.5 Å². The molecular formula is C17H23N3O3. The van der Waals surface area contributed by atoms with Crippen LogP contribution in [0.15, 0.2) is 24.3 Å². The van der Waals surface area contributed by atoms with Crippen LogP contribution in [-0.4, -0.2) is 54.6 Å². The van der Waals surface area contributed by atoms with E-state index in [-0.39, 0.29) is 17.7 Å². The zero-order valence-electron chi connectivity index (χ0n) is 13.5. The van der Waals surface area contributed by atoms with E-state index >= 15 is 0 Å². The number of benzene rings is 1. The summed E-state index contributed by atoms with van der Waals surface area (Å²) in [5, 5.41) is 1.87. The van der Waals surface area contributed by atoms with Gasteiger partial charge in [-0.1, -0.05) is 29.8 Å². The van der Waals surface area contributed by atoms with Crippen LogP contribution < -0.4 is 5.43 Å². The van der Waals surface area contributed by atoms with Gasteiger partial charge in [0, 0.05) is 32.6 Å². The highest BCUT2D eigenvalue weighted by Gasteiger charge is 2.34. The molecule has 1 aromatic carbocycles. The standard InChI is InChI=1S/C17H23N3O3/c1-13-2-4-14(5-3-13)11-19-12-15(10-16(19)21)17(22)18-20-6-8-23-9-7-20/h2-5,15H,6-12H2,1H3,(H,18,22)/t15-/m0/s1. The number of hydrogen-bond acceptors (Lipinski definition) is 4. The van der Waals surface area contributed by atoms with Crippen molar-refractivity contribution in [2.45, 2.75) is 19.9 Å². The second-order valence-electron chi connectivity index (χ2n) is 6.24. The van der Waals surface area contributed by atoms with Gasteiger partial charge in [0.05, 0.1) is 19.1 Å². The molecule has 23 heavy (non-hydrogen) atoms. The van der Waals surface area contributed by atoms with Gasteiger partial charge in [-0.25, -0.2) is 5.01 Å². The molecule has 2 saturated heterocycles. The van der Waals surface area contributed by atoms with Crippen molar-refractivity contribution in [3.63, 3.8) is 0 Å². The van der Waals surface area contributed by atoms with Gasteiger partial charge in [0.15, 0.2) is 0 Å². The monoisotopic (exact) mass is 317 g/mol. The summed E-state index contributed by atoms with van der Waals surface area (Å²) in [6.07, 6.45) is 0.294. The Morgan fingerprint density at radius 3 is 2.65 bits per heavy atom. The van der Waals surface area contributed by atoms with Crippen molar-refractivity contribution < 1.29 is 14.3 Å². The van der Waals surface area contributed by atoms with Crippen molar-refractivity contribution in [1.29, 1.82) is 0 Å². The maximum atomic E-state index is 12.3. The summed E-state index contributed by atoms with van der Waals surface area (Å²) < 4.78 is 5.26. The Hall–Kier alpha value is -1.92. The first-order valence-corrected chi connectivity index (χ1v) is 8.08. The largest absolute Gasteiger partial charge is 0.379 e. The third-order valence-electron chi connectivity index (χ3n) is 4.36. The molecule has 0 unspecified atom stereocenters. The summed E-state index contributed by atoms with van der Waals surface area (Å²) in [7, 11) is 0. The molecule has 2 amide bonds. The Morgan fingerprint density at radius 1 is 1.26 bits per heavy atom. The number of hydrogen-bond donors (Lipinski definition) is 1. The van der Waals surface area contributed by atoms with Crippen LogP contribution in [0.2, 0.25) is 0 Å². The van der Waals surface area contributed by atoms with E-state index in [0.29, 0.717) is 45.8 Å². The van der Waals surface area contributed by atoms with Crippen LogP contribution >= 0.6 is 0 Å². The molecule has 124 valence electrons. The topological polar surface area (TPSA) is 61.9 Å².